The summed E-state index contributed by atoms with van der Waals surface area (Å²) in [5, 5.41) is 12.3. The minimum atomic E-state index is -1.13. The molecule has 0 fully saturated rings. The maximum Gasteiger partial charge on any atom is 0.277 e. The van der Waals surface area contributed by atoms with Gasteiger partial charge in [0.1, 0.15) is 19.3 Å². The van der Waals surface area contributed by atoms with Gasteiger partial charge in [0.15, 0.2) is 23.0 Å². The third-order valence-corrected chi connectivity index (χ3v) is 7.69. The van der Waals surface area contributed by atoms with E-state index in [0.717, 1.165) is 17.7 Å². The molecule has 36 heavy (non-hydrogen) atoms. The first kappa shape index (κ1) is 24.3. The first-order valence-corrected chi connectivity index (χ1v) is 12.5. The Morgan fingerprint density at radius 1 is 1.19 bits per heavy atom. The molecule has 1 atom stereocenters. The largest absolute Gasteiger partial charge is 0.502 e. The molecule has 3 aromatic rings. The Labute approximate surface area is 214 Å². The van der Waals surface area contributed by atoms with Gasteiger partial charge in [-0.2, -0.15) is 4.39 Å². The molecule has 5 rings (SSSR count). The van der Waals surface area contributed by atoms with Crippen LogP contribution in [0.3, 0.4) is 0 Å². The Morgan fingerprint density at radius 2 is 2.00 bits per heavy atom. The fourth-order valence-corrected chi connectivity index (χ4v) is 6.00. The second-order valence-electron chi connectivity index (χ2n) is 8.58. The van der Waals surface area contributed by atoms with Crippen molar-refractivity contribution < 1.29 is 23.4 Å². The quantitative estimate of drug-likeness (QED) is 0.458. The van der Waals surface area contributed by atoms with Crippen LogP contribution in [0.2, 0.25) is 4.34 Å². The van der Waals surface area contributed by atoms with Crippen LogP contribution in [0.4, 0.5) is 8.78 Å². The second kappa shape index (κ2) is 9.59. The van der Waals surface area contributed by atoms with E-state index >= 15 is 4.39 Å². The van der Waals surface area contributed by atoms with E-state index in [-0.39, 0.29) is 24.7 Å². The van der Waals surface area contributed by atoms with Gasteiger partial charge >= 0.3 is 0 Å². The van der Waals surface area contributed by atoms with Crippen LogP contribution < -0.4 is 15.2 Å². The standard InChI is InChI=1S/C25H22ClF2N3O4S/c1-14-12-18(26)36-24(14)20-15-6-7-16(27)19(28)23(15)35-11-5-3-2-4-9-29-13-31(20)30-10-8-17(32)22(33)21(30)25(29)34/h3,5-8,10,12,20,33H,2,4,9,11,13H2,1H3/b5-3+/t20-/m1/s1. The van der Waals surface area contributed by atoms with Gasteiger partial charge in [-0.15, -0.1) is 11.3 Å². The Kier molecular flexibility index (Phi) is 6.48. The molecule has 2 aliphatic heterocycles. The number of fused-ring (bicyclic) bond motifs is 5. The SMILES string of the molecule is Cc1cc(Cl)sc1[C@H]1c2ccc(F)c(F)c2OC/C=C/CCCN2CN1n1ccc(=O)c(O)c1C2=O. The Bertz CT molecular complexity index is 1440. The lowest BCUT2D eigenvalue weighted by Gasteiger charge is -2.44. The molecule has 1 amide bonds. The Morgan fingerprint density at radius 3 is 2.75 bits per heavy atom. The van der Waals surface area contributed by atoms with E-state index in [0.29, 0.717) is 34.2 Å². The average molecular weight is 534 g/mol. The van der Waals surface area contributed by atoms with E-state index < -0.39 is 34.8 Å². The zero-order valence-electron chi connectivity index (χ0n) is 19.2. The first-order chi connectivity index (χ1) is 17.3. The highest BCUT2D eigenvalue weighted by atomic mass is 35.5. The number of aryl methyl sites for hydroxylation is 1. The number of ether oxygens (including phenoxy) is 1. The molecule has 11 heteroatoms. The minimum Gasteiger partial charge on any atom is -0.502 e. The highest BCUT2D eigenvalue weighted by molar-refractivity contribution is 7.16. The van der Waals surface area contributed by atoms with Crippen molar-refractivity contribution >= 4 is 28.8 Å². The number of benzene rings is 1. The van der Waals surface area contributed by atoms with Crippen molar-refractivity contribution in [3.63, 3.8) is 0 Å². The van der Waals surface area contributed by atoms with Gasteiger partial charge in [-0.05, 0) is 43.5 Å². The van der Waals surface area contributed by atoms with Gasteiger partial charge in [0, 0.05) is 29.2 Å². The number of hydrogen-bond acceptors (Lipinski definition) is 6. The number of halogens is 3. The van der Waals surface area contributed by atoms with Gasteiger partial charge in [0.2, 0.25) is 11.2 Å². The third-order valence-electron chi connectivity index (χ3n) is 6.27. The van der Waals surface area contributed by atoms with Gasteiger partial charge in [-0.1, -0.05) is 23.8 Å². The second-order valence-corrected chi connectivity index (χ2v) is 10.3. The van der Waals surface area contributed by atoms with E-state index in [1.54, 1.807) is 17.2 Å². The van der Waals surface area contributed by atoms with E-state index in [4.69, 9.17) is 16.3 Å². The number of allylic oxidation sites excluding steroid dienone is 1. The lowest BCUT2D eigenvalue weighted by Crippen LogP contribution is -2.55. The van der Waals surface area contributed by atoms with Crippen molar-refractivity contribution in [1.82, 2.24) is 9.58 Å². The average Bonchev–Trinajstić information content (AvgIpc) is 3.18. The molecular formula is C25H22ClF2N3O4S. The van der Waals surface area contributed by atoms with Crippen LogP contribution >= 0.6 is 22.9 Å². The first-order valence-electron chi connectivity index (χ1n) is 11.3. The molecule has 2 aliphatic rings. The van der Waals surface area contributed by atoms with E-state index in [9.17, 15) is 19.1 Å². The van der Waals surface area contributed by atoms with Crippen LogP contribution in [0.1, 0.15) is 45.4 Å². The van der Waals surface area contributed by atoms with Crippen molar-refractivity contribution in [3.05, 3.63) is 90.5 Å². The van der Waals surface area contributed by atoms with Crippen molar-refractivity contribution in [2.75, 3.05) is 24.8 Å². The van der Waals surface area contributed by atoms with Crippen LogP contribution in [0.15, 0.2) is 47.4 Å². The van der Waals surface area contributed by atoms with Gasteiger partial charge in [-0.25, -0.2) is 4.39 Å². The number of thiophene rings is 1. The summed E-state index contributed by atoms with van der Waals surface area (Å²) in [6, 6.07) is 4.59. The normalized spacial score (nSPS) is 18.9. The summed E-state index contributed by atoms with van der Waals surface area (Å²) in [6.07, 6.45) is 6.18. The molecule has 1 aromatic carbocycles. The van der Waals surface area contributed by atoms with Crippen molar-refractivity contribution in [3.8, 4) is 11.5 Å². The van der Waals surface area contributed by atoms with Crippen LogP contribution in [0.5, 0.6) is 11.5 Å². The third kappa shape index (κ3) is 4.14. The van der Waals surface area contributed by atoms with Crippen LogP contribution in [-0.2, 0) is 0 Å². The Balaban J connectivity index is 1.82. The molecule has 0 aliphatic carbocycles. The molecule has 0 unspecified atom stereocenters. The predicted molar refractivity (Wildman–Crippen MR) is 133 cm³/mol. The topological polar surface area (TPSA) is 75.0 Å². The molecule has 0 saturated heterocycles. The molecule has 0 spiro atoms. The fourth-order valence-electron chi connectivity index (χ4n) is 4.56. The number of hydrogen-bond donors (Lipinski definition) is 1. The molecule has 2 aromatic heterocycles. The maximum atomic E-state index is 15.2. The minimum absolute atomic E-state index is 0.0248. The number of aromatic nitrogens is 1. The maximum absolute atomic E-state index is 15.2. The molecule has 7 nitrogen and oxygen atoms in total. The summed E-state index contributed by atoms with van der Waals surface area (Å²) in [5.41, 5.74) is 0.210. The molecule has 0 radical (unpaired) electrons. The molecule has 2 bridgehead atoms. The number of carbonyl (C=O) groups excluding carboxylic acids is 1. The highest BCUT2D eigenvalue weighted by Crippen LogP contribution is 2.43. The lowest BCUT2D eigenvalue weighted by molar-refractivity contribution is 0.0678. The highest BCUT2D eigenvalue weighted by Gasteiger charge is 2.39. The van der Waals surface area contributed by atoms with Crippen LogP contribution in [0.25, 0.3) is 0 Å². The molecule has 1 N–H and O–H groups in total. The zero-order valence-corrected chi connectivity index (χ0v) is 20.8. The molecule has 188 valence electrons. The Hall–Kier alpha value is -3.37. The summed E-state index contributed by atoms with van der Waals surface area (Å²) in [5.74, 6) is -3.62. The molecule has 4 heterocycles. The van der Waals surface area contributed by atoms with Gasteiger partial charge < -0.3 is 14.7 Å². The van der Waals surface area contributed by atoms with Crippen molar-refractivity contribution in [1.29, 1.82) is 0 Å². The summed E-state index contributed by atoms with van der Waals surface area (Å²) < 4.78 is 37.2. The monoisotopic (exact) mass is 533 g/mol. The number of aromatic hydroxyl groups is 1. The number of pyridine rings is 1. The van der Waals surface area contributed by atoms with Gasteiger partial charge in [0.05, 0.1) is 4.34 Å². The molecule has 0 saturated carbocycles. The van der Waals surface area contributed by atoms with Gasteiger partial charge in [0.25, 0.3) is 5.91 Å². The van der Waals surface area contributed by atoms with Crippen LogP contribution in [-0.4, -0.2) is 40.4 Å². The van der Waals surface area contributed by atoms with Crippen molar-refractivity contribution in [2.45, 2.75) is 25.8 Å². The smallest absolute Gasteiger partial charge is 0.277 e. The lowest BCUT2D eigenvalue weighted by atomic mass is 10.00. The van der Waals surface area contributed by atoms with E-state index in [1.807, 2.05) is 13.0 Å². The fraction of sp³-hybridized carbons (Fsp3) is 0.280. The van der Waals surface area contributed by atoms with Gasteiger partial charge in [-0.3, -0.25) is 19.3 Å². The number of rotatable bonds is 1. The number of carbonyl (C=O) groups is 1. The zero-order chi connectivity index (χ0) is 25.6. The summed E-state index contributed by atoms with van der Waals surface area (Å²) in [7, 11) is 0. The van der Waals surface area contributed by atoms with E-state index in [2.05, 4.69) is 0 Å². The predicted octanol–water partition coefficient (Wildman–Crippen LogP) is 4.73. The summed E-state index contributed by atoms with van der Waals surface area (Å²) >= 11 is 7.61. The van der Waals surface area contributed by atoms with Crippen molar-refractivity contribution in [2.24, 2.45) is 0 Å². The van der Waals surface area contributed by atoms with E-state index in [1.165, 1.54) is 33.2 Å². The number of amides is 1. The van der Waals surface area contributed by atoms with Crippen LogP contribution in [0, 0.1) is 18.6 Å². The molecular weight excluding hydrogens is 512 g/mol. The summed E-state index contributed by atoms with van der Waals surface area (Å²) in [6.45, 7) is 2.27. The summed E-state index contributed by atoms with van der Waals surface area (Å²) in [4.78, 5) is 27.9. The number of nitrogens with zero attached hydrogens (tertiary/aromatic N) is 3.